The first-order valence-corrected chi connectivity index (χ1v) is 9.28. The first-order chi connectivity index (χ1) is 12.6. The Kier molecular flexibility index (Phi) is 4.38. The van der Waals surface area contributed by atoms with Gasteiger partial charge in [-0.25, -0.2) is 4.98 Å². The Morgan fingerprint density at radius 2 is 1.88 bits per heavy atom. The summed E-state index contributed by atoms with van der Waals surface area (Å²) in [4.78, 5) is 19.1. The maximum Gasteiger partial charge on any atom is 0.257 e. The Morgan fingerprint density at radius 1 is 1.19 bits per heavy atom. The summed E-state index contributed by atoms with van der Waals surface area (Å²) in [5, 5.41) is 3.43. The Hall–Kier alpha value is -2.80. The topological polar surface area (TPSA) is 63.7 Å². The zero-order valence-corrected chi connectivity index (χ0v) is 15.4. The van der Waals surface area contributed by atoms with Crippen LogP contribution in [0.25, 0.3) is 10.2 Å². The van der Waals surface area contributed by atoms with Crippen LogP contribution in [0.1, 0.15) is 17.3 Å². The Morgan fingerprint density at radius 3 is 2.58 bits per heavy atom. The highest BCUT2D eigenvalue weighted by atomic mass is 32.1. The predicted molar refractivity (Wildman–Crippen MR) is 104 cm³/mol. The van der Waals surface area contributed by atoms with E-state index in [-0.39, 0.29) is 5.91 Å². The van der Waals surface area contributed by atoms with E-state index in [1.165, 1.54) is 11.3 Å². The molecule has 0 spiro atoms. The minimum absolute atomic E-state index is 0.174. The maximum atomic E-state index is 12.5. The van der Waals surface area contributed by atoms with Crippen molar-refractivity contribution in [3.05, 3.63) is 42.0 Å². The third-order valence-corrected chi connectivity index (χ3v) is 5.25. The average molecular weight is 369 g/mol. The van der Waals surface area contributed by atoms with Crippen molar-refractivity contribution in [3.63, 3.8) is 0 Å². The molecule has 134 valence electrons. The molecule has 7 heteroatoms. The number of amides is 1. The van der Waals surface area contributed by atoms with E-state index >= 15 is 0 Å². The summed E-state index contributed by atoms with van der Waals surface area (Å²) < 4.78 is 12.1. The summed E-state index contributed by atoms with van der Waals surface area (Å²) in [6.07, 6.45) is 0. The van der Waals surface area contributed by atoms with Crippen LogP contribution < -0.4 is 19.7 Å². The number of ether oxygens (including phenoxy) is 2. The van der Waals surface area contributed by atoms with Gasteiger partial charge in [-0.05, 0) is 31.2 Å². The molecule has 0 radical (unpaired) electrons. The summed E-state index contributed by atoms with van der Waals surface area (Å²) >= 11 is 1.42. The van der Waals surface area contributed by atoms with E-state index in [0.29, 0.717) is 29.7 Å². The van der Waals surface area contributed by atoms with Crippen molar-refractivity contribution in [3.8, 4) is 11.5 Å². The van der Waals surface area contributed by atoms with Crippen molar-refractivity contribution >= 4 is 38.3 Å². The van der Waals surface area contributed by atoms with Gasteiger partial charge in [0.25, 0.3) is 5.91 Å². The summed E-state index contributed by atoms with van der Waals surface area (Å²) in [6, 6.07) is 11.3. The number of aromatic nitrogens is 1. The largest absolute Gasteiger partial charge is 0.486 e. The molecule has 4 rings (SSSR count). The van der Waals surface area contributed by atoms with Gasteiger partial charge in [0.05, 0.1) is 10.2 Å². The normalized spacial score (nSPS) is 12.8. The van der Waals surface area contributed by atoms with E-state index in [9.17, 15) is 4.79 Å². The van der Waals surface area contributed by atoms with Gasteiger partial charge < -0.3 is 14.4 Å². The number of hydrogen-bond acceptors (Lipinski definition) is 6. The summed E-state index contributed by atoms with van der Waals surface area (Å²) in [7, 11) is 2.02. The number of carbonyl (C=O) groups is 1. The smallest absolute Gasteiger partial charge is 0.257 e. The molecule has 0 unspecified atom stereocenters. The van der Waals surface area contributed by atoms with Crippen LogP contribution in [0.5, 0.6) is 11.5 Å². The molecule has 1 aromatic heterocycles. The van der Waals surface area contributed by atoms with Crippen molar-refractivity contribution in [1.82, 2.24) is 4.98 Å². The lowest BCUT2D eigenvalue weighted by molar-refractivity contribution is 0.102. The highest BCUT2D eigenvalue weighted by Gasteiger charge is 2.16. The van der Waals surface area contributed by atoms with Gasteiger partial charge in [-0.3, -0.25) is 10.1 Å². The number of rotatable bonds is 4. The van der Waals surface area contributed by atoms with E-state index in [2.05, 4.69) is 22.1 Å². The van der Waals surface area contributed by atoms with Crippen LogP contribution in [0.2, 0.25) is 0 Å². The van der Waals surface area contributed by atoms with Gasteiger partial charge in [-0.15, -0.1) is 0 Å². The van der Waals surface area contributed by atoms with Crippen LogP contribution in [0.3, 0.4) is 0 Å². The SMILES string of the molecule is CCN(C)c1ccc(C(=O)Nc2nc3cc4c(cc3s2)OCCO4)cc1. The number of fused-ring (bicyclic) bond motifs is 2. The van der Waals surface area contributed by atoms with Crippen LogP contribution in [0, 0.1) is 0 Å². The molecular formula is C19H19N3O3S. The van der Waals surface area contributed by atoms with Crippen molar-refractivity contribution in [2.45, 2.75) is 6.92 Å². The highest BCUT2D eigenvalue weighted by Crippen LogP contribution is 2.37. The number of nitrogens with zero attached hydrogens (tertiary/aromatic N) is 2. The van der Waals surface area contributed by atoms with Crippen molar-refractivity contribution < 1.29 is 14.3 Å². The van der Waals surface area contributed by atoms with Gasteiger partial charge in [0, 0.05) is 37.0 Å². The molecule has 0 fully saturated rings. The number of carbonyl (C=O) groups excluding carboxylic acids is 1. The first-order valence-electron chi connectivity index (χ1n) is 8.47. The molecule has 0 aliphatic carbocycles. The number of nitrogens with one attached hydrogen (secondary N) is 1. The van der Waals surface area contributed by atoms with Gasteiger partial charge in [0.2, 0.25) is 0 Å². The molecule has 26 heavy (non-hydrogen) atoms. The second-order valence-corrected chi connectivity index (χ2v) is 7.03. The number of anilines is 2. The molecule has 0 saturated carbocycles. The van der Waals surface area contributed by atoms with Gasteiger partial charge >= 0.3 is 0 Å². The van der Waals surface area contributed by atoms with Crippen LogP contribution in [0.4, 0.5) is 10.8 Å². The summed E-state index contributed by atoms with van der Waals surface area (Å²) in [5.41, 5.74) is 2.47. The highest BCUT2D eigenvalue weighted by molar-refractivity contribution is 7.22. The molecule has 6 nitrogen and oxygen atoms in total. The summed E-state index contributed by atoms with van der Waals surface area (Å²) in [6.45, 7) is 4.08. The minimum atomic E-state index is -0.174. The fourth-order valence-corrected chi connectivity index (χ4v) is 3.61. The predicted octanol–water partition coefficient (Wildman–Crippen LogP) is 3.78. The zero-order valence-electron chi connectivity index (χ0n) is 14.6. The Balaban J connectivity index is 1.53. The quantitative estimate of drug-likeness (QED) is 0.758. The average Bonchev–Trinajstić information content (AvgIpc) is 3.06. The van der Waals surface area contributed by atoms with Crippen molar-refractivity contribution in [2.24, 2.45) is 0 Å². The van der Waals surface area contributed by atoms with E-state index < -0.39 is 0 Å². The van der Waals surface area contributed by atoms with E-state index in [4.69, 9.17) is 9.47 Å². The second-order valence-electron chi connectivity index (χ2n) is 6.00. The molecule has 0 atom stereocenters. The number of thiazole rings is 1. The molecule has 1 aliphatic heterocycles. The lowest BCUT2D eigenvalue weighted by Crippen LogP contribution is -2.16. The second kappa shape index (κ2) is 6.84. The van der Waals surface area contributed by atoms with Gasteiger partial charge in [-0.1, -0.05) is 11.3 Å². The monoisotopic (exact) mass is 369 g/mol. The first kappa shape index (κ1) is 16.7. The molecule has 2 aromatic carbocycles. The molecular weight excluding hydrogens is 350 g/mol. The summed E-state index contributed by atoms with van der Waals surface area (Å²) in [5.74, 6) is 1.25. The van der Waals surface area contributed by atoms with E-state index in [0.717, 1.165) is 28.2 Å². The van der Waals surface area contributed by atoms with Gasteiger partial charge in [-0.2, -0.15) is 0 Å². The van der Waals surface area contributed by atoms with Crippen LogP contribution in [-0.4, -0.2) is 37.7 Å². The molecule has 0 saturated heterocycles. The van der Waals surface area contributed by atoms with Crippen LogP contribution >= 0.6 is 11.3 Å². The third-order valence-electron chi connectivity index (χ3n) is 4.32. The Labute approximate surface area is 155 Å². The lowest BCUT2D eigenvalue weighted by Gasteiger charge is -2.17. The molecule has 0 bridgehead atoms. The fraction of sp³-hybridized carbons (Fsp3) is 0.263. The molecule has 3 aromatic rings. The fourth-order valence-electron chi connectivity index (χ4n) is 2.74. The zero-order chi connectivity index (χ0) is 18.1. The van der Waals surface area contributed by atoms with Gasteiger partial charge in [0.15, 0.2) is 16.6 Å². The molecule has 1 aliphatic rings. The van der Waals surface area contributed by atoms with Crippen molar-refractivity contribution in [1.29, 1.82) is 0 Å². The van der Waals surface area contributed by atoms with Crippen molar-refractivity contribution in [2.75, 3.05) is 37.0 Å². The van der Waals surface area contributed by atoms with E-state index in [1.807, 2.05) is 43.4 Å². The molecule has 1 amide bonds. The van der Waals surface area contributed by atoms with E-state index in [1.54, 1.807) is 0 Å². The Bertz CT molecular complexity index is 910. The third kappa shape index (κ3) is 3.17. The van der Waals surface area contributed by atoms with Gasteiger partial charge in [0.1, 0.15) is 13.2 Å². The number of hydrogen-bond donors (Lipinski definition) is 1. The molecule has 2 heterocycles. The molecule has 1 N–H and O–H groups in total. The minimum Gasteiger partial charge on any atom is -0.486 e. The maximum absolute atomic E-state index is 12.5. The lowest BCUT2D eigenvalue weighted by atomic mass is 10.2. The van der Waals surface area contributed by atoms with Crippen LogP contribution in [0.15, 0.2) is 36.4 Å². The standard InChI is InChI=1S/C19H19N3O3S/c1-3-22(2)13-6-4-12(5-7-13)18(23)21-19-20-14-10-15-16(11-17(14)26-19)25-9-8-24-15/h4-7,10-11H,3,8-9H2,1-2H3,(H,20,21,23). The van der Waals surface area contributed by atoms with Crippen LogP contribution in [-0.2, 0) is 0 Å². The number of benzene rings is 2.